The van der Waals surface area contributed by atoms with E-state index >= 15 is 0 Å². The molecule has 0 saturated heterocycles. The van der Waals surface area contributed by atoms with Gasteiger partial charge in [-0.05, 0) is 48.6 Å². The van der Waals surface area contributed by atoms with Gasteiger partial charge >= 0.3 is 0 Å². The van der Waals surface area contributed by atoms with Crippen molar-refractivity contribution in [1.82, 2.24) is 0 Å². The summed E-state index contributed by atoms with van der Waals surface area (Å²) in [6.45, 7) is 0. The van der Waals surface area contributed by atoms with Gasteiger partial charge in [0.1, 0.15) is 17.3 Å². The Balaban J connectivity index is 1.84. The predicted octanol–water partition coefficient (Wildman–Crippen LogP) is 3.52. The monoisotopic (exact) mass is 350 g/mol. The van der Waals surface area contributed by atoms with Gasteiger partial charge in [0.05, 0.1) is 17.5 Å². The van der Waals surface area contributed by atoms with Crippen molar-refractivity contribution >= 4 is 17.6 Å². The van der Waals surface area contributed by atoms with Crippen LogP contribution in [-0.2, 0) is 0 Å². The lowest BCUT2D eigenvalue weighted by Crippen LogP contribution is -2.10. The summed E-state index contributed by atoms with van der Waals surface area (Å²) in [5.41, 5.74) is 2.17. The maximum atomic E-state index is 9.91. The number of aromatic hydroxyl groups is 2. The molecule has 0 spiro atoms. The molecular weight excluding hydrogens is 332 g/mol. The van der Waals surface area contributed by atoms with Crippen LogP contribution in [0.4, 0.5) is 11.4 Å². The van der Waals surface area contributed by atoms with Crippen LogP contribution in [-0.4, -0.2) is 32.7 Å². The summed E-state index contributed by atoms with van der Waals surface area (Å²) >= 11 is 0. The molecular formula is C20H18N2O4. The molecule has 6 nitrogen and oxygen atoms in total. The topological polar surface area (TPSA) is 105 Å². The molecule has 0 aliphatic heterocycles. The smallest absolute Gasteiger partial charge is 0.124 e. The molecule has 0 aromatic heterocycles. The fourth-order valence-corrected chi connectivity index (χ4v) is 2.39. The van der Waals surface area contributed by atoms with Crippen LogP contribution in [0.3, 0.4) is 0 Å². The normalized spacial score (nSPS) is 18.3. The van der Waals surface area contributed by atoms with Crippen molar-refractivity contribution in [2.75, 3.05) is 5.32 Å². The minimum atomic E-state index is -0.807. The van der Waals surface area contributed by atoms with Gasteiger partial charge in [0.15, 0.2) is 0 Å². The first-order valence-electron chi connectivity index (χ1n) is 7.91. The van der Waals surface area contributed by atoms with Gasteiger partial charge in [-0.3, -0.25) is 4.99 Å². The number of hydrogen-bond acceptors (Lipinski definition) is 6. The Labute approximate surface area is 150 Å². The third-order valence-corrected chi connectivity index (χ3v) is 3.76. The minimum absolute atomic E-state index is 0.0110. The second-order valence-corrected chi connectivity index (χ2v) is 5.68. The molecule has 1 aliphatic carbocycles. The second-order valence-electron chi connectivity index (χ2n) is 5.68. The first-order chi connectivity index (χ1) is 12.5. The zero-order chi connectivity index (χ0) is 18.5. The maximum absolute atomic E-state index is 9.91. The van der Waals surface area contributed by atoms with Crippen LogP contribution in [0.1, 0.15) is 5.56 Å². The zero-order valence-electron chi connectivity index (χ0n) is 13.7. The quantitative estimate of drug-likeness (QED) is 0.429. The highest BCUT2D eigenvalue weighted by molar-refractivity contribution is 5.87. The highest BCUT2D eigenvalue weighted by Gasteiger charge is 2.10. The summed E-state index contributed by atoms with van der Waals surface area (Å²) in [4.78, 5) is 4.35. The van der Waals surface area contributed by atoms with Crippen molar-refractivity contribution in [3.05, 3.63) is 83.8 Å². The first-order valence-corrected chi connectivity index (χ1v) is 7.91. The number of rotatable bonds is 4. The fourth-order valence-electron chi connectivity index (χ4n) is 2.39. The molecule has 5 N–H and O–H groups in total. The van der Waals surface area contributed by atoms with E-state index in [4.69, 9.17) is 0 Å². The Morgan fingerprint density at radius 3 is 2.69 bits per heavy atom. The number of aliphatic hydroxyl groups is 2. The maximum Gasteiger partial charge on any atom is 0.124 e. The number of nitrogens with zero attached hydrogens (tertiary/aromatic N) is 1. The molecule has 0 bridgehead atoms. The fraction of sp³-hybridized carbons (Fsp3) is 0.0500. The molecule has 1 atom stereocenters. The molecule has 6 heteroatoms. The van der Waals surface area contributed by atoms with E-state index < -0.39 is 6.10 Å². The van der Waals surface area contributed by atoms with Crippen molar-refractivity contribution < 1.29 is 20.4 Å². The number of benzene rings is 2. The van der Waals surface area contributed by atoms with E-state index in [0.717, 1.165) is 0 Å². The Bertz CT molecular complexity index is 929. The van der Waals surface area contributed by atoms with Gasteiger partial charge in [-0.2, -0.15) is 0 Å². The van der Waals surface area contributed by atoms with Gasteiger partial charge in [0.25, 0.3) is 0 Å². The molecule has 0 fully saturated rings. The van der Waals surface area contributed by atoms with Crippen LogP contribution in [0.25, 0.3) is 0 Å². The van der Waals surface area contributed by atoms with Crippen LogP contribution >= 0.6 is 0 Å². The molecule has 2 aromatic rings. The van der Waals surface area contributed by atoms with Gasteiger partial charge in [-0.1, -0.05) is 12.1 Å². The Kier molecular flexibility index (Phi) is 5.05. The van der Waals surface area contributed by atoms with E-state index in [9.17, 15) is 20.4 Å². The molecule has 0 heterocycles. The summed E-state index contributed by atoms with van der Waals surface area (Å²) in [5.74, 6) is 0.109. The summed E-state index contributed by atoms with van der Waals surface area (Å²) in [6.07, 6.45) is 6.61. The van der Waals surface area contributed by atoms with E-state index in [2.05, 4.69) is 10.3 Å². The van der Waals surface area contributed by atoms with Crippen molar-refractivity contribution in [3.63, 3.8) is 0 Å². The minimum Gasteiger partial charge on any atom is -0.508 e. The highest BCUT2D eigenvalue weighted by Crippen LogP contribution is 2.27. The molecule has 132 valence electrons. The van der Waals surface area contributed by atoms with Crippen molar-refractivity contribution in [2.24, 2.45) is 4.99 Å². The lowest BCUT2D eigenvalue weighted by atomic mass is 10.1. The molecule has 0 saturated carbocycles. The molecule has 0 radical (unpaired) electrons. The van der Waals surface area contributed by atoms with E-state index in [1.54, 1.807) is 18.3 Å². The number of phenolic OH excluding ortho intramolecular Hbond substituents is 2. The summed E-state index contributed by atoms with van der Waals surface area (Å²) in [7, 11) is 0. The van der Waals surface area contributed by atoms with Gasteiger partial charge in [-0.15, -0.1) is 0 Å². The van der Waals surface area contributed by atoms with Crippen LogP contribution in [0, 0.1) is 0 Å². The van der Waals surface area contributed by atoms with Crippen LogP contribution in [0.2, 0.25) is 0 Å². The van der Waals surface area contributed by atoms with Crippen LogP contribution < -0.4 is 5.32 Å². The molecule has 2 aromatic carbocycles. The molecule has 0 amide bonds. The Morgan fingerprint density at radius 2 is 1.85 bits per heavy atom. The SMILES string of the molecule is OC1=C/C(=C/Nc2ccccc2N=Cc2cc(O)ccc2O)C(O)C=C1. The molecule has 26 heavy (non-hydrogen) atoms. The van der Waals surface area contributed by atoms with Crippen LogP contribution in [0.5, 0.6) is 11.5 Å². The summed E-state index contributed by atoms with van der Waals surface area (Å²) < 4.78 is 0. The largest absolute Gasteiger partial charge is 0.508 e. The molecule has 1 unspecified atom stereocenters. The average Bonchev–Trinajstić information content (AvgIpc) is 2.64. The van der Waals surface area contributed by atoms with Crippen molar-refractivity contribution in [3.8, 4) is 11.5 Å². The number of hydrogen-bond donors (Lipinski definition) is 5. The Hall–Kier alpha value is -3.51. The van der Waals surface area contributed by atoms with E-state index in [-0.39, 0.29) is 17.3 Å². The van der Waals surface area contributed by atoms with Crippen molar-refractivity contribution in [2.45, 2.75) is 6.10 Å². The number of aliphatic hydroxyl groups excluding tert-OH is 2. The van der Waals surface area contributed by atoms with Crippen LogP contribution in [0.15, 0.2) is 83.2 Å². The molecule has 3 rings (SSSR count). The number of nitrogens with one attached hydrogen (secondary N) is 1. The van der Waals surface area contributed by atoms with Crippen molar-refractivity contribution in [1.29, 1.82) is 0 Å². The van der Waals surface area contributed by atoms with E-state index in [1.165, 1.54) is 42.6 Å². The third-order valence-electron chi connectivity index (χ3n) is 3.76. The number of phenols is 2. The zero-order valence-corrected chi connectivity index (χ0v) is 13.7. The third kappa shape index (κ3) is 4.12. The number of allylic oxidation sites excluding steroid dienone is 1. The highest BCUT2D eigenvalue weighted by atomic mass is 16.3. The predicted molar refractivity (Wildman–Crippen MR) is 101 cm³/mol. The number of anilines is 1. The number of para-hydroxylation sites is 2. The standard InChI is InChI=1S/C20H18N2O4/c23-15-5-7-19(25)13(9-15)11-21-17-3-1-2-4-18(17)22-12-14-10-16(24)6-8-20(14)26/h1-12,19,21,23-26H/b13-11-,22-12?. The van der Waals surface area contributed by atoms with Gasteiger partial charge < -0.3 is 25.7 Å². The van der Waals surface area contributed by atoms with E-state index in [0.29, 0.717) is 22.5 Å². The lowest BCUT2D eigenvalue weighted by Gasteiger charge is -2.13. The summed E-state index contributed by atoms with van der Waals surface area (Å²) in [5, 5.41) is 41.8. The Morgan fingerprint density at radius 1 is 1.04 bits per heavy atom. The van der Waals surface area contributed by atoms with Gasteiger partial charge in [0.2, 0.25) is 0 Å². The average molecular weight is 350 g/mol. The molecule has 1 aliphatic rings. The van der Waals surface area contributed by atoms with Gasteiger partial charge in [0, 0.05) is 23.6 Å². The second kappa shape index (κ2) is 7.58. The first kappa shape index (κ1) is 17.3. The number of aliphatic imine (C=N–C) groups is 1. The summed E-state index contributed by atoms with van der Waals surface area (Å²) in [6, 6.07) is 11.4. The lowest BCUT2D eigenvalue weighted by molar-refractivity contribution is 0.258. The van der Waals surface area contributed by atoms with Gasteiger partial charge in [-0.25, -0.2) is 0 Å². The van der Waals surface area contributed by atoms with E-state index in [1.807, 2.05) is 12.1 Å².